The first-order valence-corrected chi connectivity index (χ1v) is 7.35. The van der Waals surface area contributed by atoms with Crippen LogP contribution in [0.4, 0.5) is 5.69 Å². The van der Waals surface area contributed by atoms with Gasteiger partial charge in [-0.25, -0.2) is 4.85 Å². The molecule has 0 saturated carbocycles. The van der Waals surface area contributed by atoms with E-state index >= 15 is 0 Å². The van der Waals surface area contributed by atoms with Gasteiger partial charge < -0.3 is 0 Å². The Labute approximate surface area is 122 Å². The van der Waals surface area contributed by atoms with Gasteiger partial charge in [-0.3, -0.25) is 4.68 Å². The number of aromatic nitrogens is 2. The van der Waals surface area contributed by atoms with Gasteiger partial charge in [0.15, 0.2) is 5.69 Å². The van der Waals surface area contributed by atoms with Crippen LogP contribution < -0.4 is 0 Å². The van der Waals surface area contributed by atoms with Gasteiger partial charge in [0.05, 0.1) is 17.3 Å². The van der Waals surface area contributed by atoms with Crippen molar-refractivity contribution < 1.29 is 0 Å². The summed E-state index contributed by atoms with van der Waals surface area (Å²) in [5.41, 5.74) is 4.40. The van der Waals surface area contributed by atoms with Crippen LogP contribution in [-0.2, 0) is 7.05 Å². The summed E-state index contributed by atoms with van der Waals surface area (Å²) >= 11 is 7.96. The Kier molecular flexibility index (Phi) is 3.88. The average molecular weight is 292 g/mol. The topological polar surface area (TPSA) is 22.2 Å². The highest BCUT2D eigenvalue weighted by atomic mass is 35.5. The highest BCUT2D eigenvalue weighted by molar-refractivity contribution is 7.98. The monoisotopic (exact) mass is 291 g/mol. The Morgan fingerprint density at radius 1 is 1.37 bits per heavy atom. The predicted molar refractivity (Wildman–Crippen MR) is 81.2 cm³/mol. The zero-order chi connectivity index (χ0) is 14.2. The zero-order valence-electron chi connectivity index (χ0n) is 11.3. The number of nitrogens with zero attached hydrogens (tertiary/aromatic N) is 3. The number of thioether (sulfide) groups is 1. The molecule has 0 radical (unpaired) electrons. The molecule has 0 aliphatic heterocycles. The van der Waals surface area contributed by atoms with E-state index in [9.17, 15) is 0 Å². The molecular weight excluding hydrogens is 278 g/mol. The summed E-state index contributed by atoms with van der Waals surface area (Å²) in [6, 6.07) is 3.65. The molecule has 1 aromatic heterocycles. The van der Waals surface area contributed by atoms with E-state index in [-0.39, 0.29) is 0 Å². The Balaban J connectivity index is 2.67. The lowest BCUT2D eigenvalue weighted by Crippen LogP contribution is -1.92. The van der Waals surface area contributed by atoms with Gasteiger partial charge in [-0.2, -0.15) is 5.10 Å². The van der Waals surface area contributed by atoms with Crippen molar-refractivity contribution in [1.29, 1.82) is 0 Å². The fourth-order valence-corrected chi connectivity index (χ4v) is 3.08. The van der Waals surface area contributed by atoms with Gasteiger partial charge in [0.1, 0.15) is 0 Å². The van der Waals surface area contributed by atoms with Crippen LogP contribution in [0.1, 0.15) is 11.1 Å². The maximum atomic E-state index is 7.11. The van der Waals surface area contributed by atoms with E-state index in [4.69, 9.17) is 18.2 Å². The van der Waals surface area contributed by atoms with E-state index in [2.05, 4.69) is 9.94 Å². The first-order chi connectivity index (χ1) is 8.99. The van der Waals surface area contributed by atoms with Crippen molar-refractivity contribution in [3.8, 4) is 11.3 Å². The Hall–Kier alpha value is -1.44. The second-order valence-corrected chi connectivity index (χ2v) is 5.54. The molecule has 0 bridgehead atoms. The number of benzene rings is 1. The molecule has 2 aromatic rings. The molecule has 0 amide bonds. The molecule has 0 unspecified atom stereocenters. The molecule has 2 rings (SSSR count). The summed E-state index contributed by atoms with van der Waals surface area (Å²) in [5, 5.41) is 6.24. The summed E-state index contributed by atoms with van der Waals surface area (Å²) in [7, 11) is 1.93. The van der Waals surface area contributed by atoms with Crippen LogP contribution in [-0.4, -0.2) is 16.0 Å². The smallest absolute Gasteiger partial charge is 0.191 e. The molecule has 0 aliphatic carbocycles. The van der Waals surface area contributed by atoms with E-state index in [1.165, 1.54) is 0 Å². The van der Waals surface area contributed by atoms with Crippen LogP contribution in [0.25, 0.3) is 16.1 Å². The van der Waals surface area contributed by atoms with Gasteiger partial charge in [-0.05, 0) is 31.7 Å². The van der Waals surface area contributed by atoms with Crippen LogP contribution in [0.3, 0.4) is 0 Å². The van der Waals surface area contributed by atoms with Crippen LogP contribution >= 0.6 is 23.4 Å². The first-order valence-electron chi connectivity index (χ1n) is 5.75. The van der Waals surface area contributed by atoms with Gasteiger partial charge in [-0.1, -0.05) is 17.7 Å². The molecular formula is C14H14ClN3S. The van der Waals surface area contributed by atoms with Crippen molar-refractivity contribution in [2.24, 2.45) is 7.05 Å². The van der Waals surface area contributed by atoms with Crippen LogP contribution in [0, 0.1) is 20.4 Å². The van der Waals surface area contributed by atoms with E-state index in [1.54, 1.807) is 17.8 Å². The zero-order valence-corrected chi connectivity index (χ0v) is 12.9. The average Bonchev–Trinajstić information content (AvgIpc) is 2.66. The van der Waals surface area contributed by atoms with E-state index in [1.807, 2.05) is 37.9 Å². The number of aryl methyl sites for hydroxylation is 2. The van der Waals surface area contributed by atoms with Crippen LogP contribution in [0.2, 0.25) is 5.02 Å². The fourth-order valence-electron chi connectivity index (χ4n) is 2.13. The largest absolute Gasteiger partial charge is 0.261 e. The van der Waals surface area contributed by atoms with E-state index < -0.39 is 0 Å². The van der Waals surface area contributed by atoms with E-state index in [0.29, 0.717) is 10.7 Å². The van der Waals surface area contributed by atoms with Gasteiger partial charge in [0, 0.05) is 23.2 Å². The number of rotatable bonds is 2. The minimum absolute atomic E-state index is 0.574. The predicted octanol–water partition coefficient (Wildman–Crippen LogP) is 4.63. The Morgan fingerprint density at radius 2 is 2.05 bits per heavy atom. The highest BCUT2D eigenvalue weighted by Gasteiger charge is 2.16. The lowest BCUT2D eigenvalue weighted by atomic mass is 10.0. The van der Waals surface area contributed by atoms with E-state index in [0.717, 1.165) is 27.4 Å². The highest BCUT2D eigenvalue weighted by Crippen LogP contribution is 2.37. The molecule has 0 spiro atoms. The number of hydrogen-bond acceptors (Lipinski definition) is 2. The molecule has 0 aliphatic rings. The molecule has 19 heavy (non-hydrogen) atoms. The minimum Gasteiger partial charge on any atom is -0.261 e. The molecule has 1 aromatic carbocycles. The quantitative estimate of drug-likeness (QED) is 0.594. The molecule has 1 heterocycles. The molecule has 98 valence electrons. The van der Waals surface area contributed by atoms with Gasteiger partial charge >= 0.3 is 0 Å². The second kappa shape index (κ2) is 5.28. The first kappa shape index (κ1) is 14.0. The summed E-state index contributed by atoms with van der Waals surface area (Å²) in [4.78, 5) is 3.46. The maximum Gasteiger partial charge on any atom is 0.191 e. The van der Waals surface area contributed by atoms with Gasteiger partial charge in [-0.15, -0.1) is 11.8 Å². The molecule has 0 N–H and O–H groups in total. The molecule has 0 fully saturated rings. The van der Waals surface area contributed by atoms with Gasteiger partial charge in [0.25, 0.3) is 0 Å². The van der Waals surface area contributed by atoms with Crippen molar-refractivity contribution in [3.05, 3.63) is 39.7 Å². The maximum absolute atomic E-state index is 7.11. The molecule has 0 atom stereocenters. The third-order valence-electron chi connectivity index (χ3n) is 3.07. The summed E-state index contributed by atoms with van der Waals surface area (Å²) in [5.74, 6) is 0. The second-order valence-electron chi connectivity index (χ2n) is 4.34. The van der Waals surface area contributed by atoms with Gasteiger partial charge in [0.2, 0.25) is 0 Å². The fraction of sp³-hybridized carbons (Fsp3) is 0.286. The third kappa shape index (κ3) is 2.36. The van der Waals surface area contributed by atoms with Crippen molar-refractivity contribution in [3.63, 3.8) is 0 Å². The Morgan fingerprint density at radius 3 is 2.58 bits per heavy atom. The molecule has 3 nitrogen and oxygen atoms in total. The lowest BCUT2D eigenvalue weighted by Gasteiger charge is -2.06. The summed E-state index contributed by atoms with van der Waals surface area (Å²) < 4.78 is 1.86. The standard InChI is InChI=1S/C14H14ClN3S/c1-8-6-10(11(15)7-12(8)16-3)13-9(2)14(19-5)18(4)17-13/h6-7H,1-2,4-5H3. The Bertz CT molecular complexity index is 683. The number of halogens is 1. The van der Waals surface area contributed by atoms with Crippen molar-refractivity contribution in [2.45, 2.75) is 18.9 Å². The minimum atomic E-state index is 0.574. The molecule has 0 saturated heterocycles. The summed E-state index contributed by atoms with van der Waals surface area (Å²) in [6.45, 7) is 11.1. The van der Waals surface area contributed by atoms with Crippen LogP contribution in [0.15, 0.2) is 17.2 Å². The SMILES string of the molecule is [C-]#[N+]c1cc(Cl)c(-c2nn(C)c(SC)c2C)cc1C. The van der Waals surface area contributed by atoms with Crippen molar-refractivity contribution in [1.82, 2.24) is 9.78 Å². The van der Waals surface area contributed by atoms with Crippen molar-refractivity contribution in [2.75, 3.05) is 6.26 Å². The van der Waals surface area contributed by atoms with Crippen molar-refractivity contribution >= 4 is 29.1 Å². The third-order valence-corrected chi connectivity index (χ3v) is 4.34. The number of hydrogen-bond donors (Lipinski definition) is 0. The normalized spacial score (nSPS) is 10.5. The summed E-state index contributed by atoms with van der Waals surface area (Å²) in [6.07, 6.45) is 2.03. The van der Waals surface area contributed by atoms with Crippen LogP contribution in [0.5, 0.6) is 0 Å². The lowest BCUT2D eigenvalue weighted by molar-refractivity contribution is 0.699. The molecule has 5 heteroatoms.